The van der Waals surface area contributed by atoms with Crippen molar-refractivity contribution in [3.05, 3.63) is 54.1 Å². The molecule has 0 saturated carbocycles. The van der Waals surface area contributed by atoms with E-state index in [4.69, 9.17) is 4.74 Å². The van der Waals surface area contributed by atoms with Crippen LogP contribution in [-0.2, 0) is 0 Å². The van der Waals surface area contributed by atoms with Gasteiger partial charge in [-0.1, -0.05) is 18.2 Å². The summed E-state index contributed by atoms with van der Waals surface area (Å²) in [6.07, 6.45) is 0. The number of anilines is 2. The van der Waals surface area contributed by atoms with Crippen molar-refractivity contribution in [2.45, 2.75) is 0 Å². The fourth-order valence-corrected chi connectivity index (χ4v) is 2.32. The zero-order valence-electron chi connectivity index (χ0n) is 12.7. The highest BCUT2D eigenvalue weighted by atomic mass is 16.5. The molecular formula is C17H17N3O3. The molecule has 0 atom stereocenters. The Balaban J connectivity index is 1.75. The number of ether oxygens (including phenoxy) is 1. The van der Waals surface area contributed by atoms with Crippen molar-refractivity contribution in [2.75, 3.05) is 30.8 Å². The molecule has 0 aliphatic carbocycles. The molecule has 1 aliphatic heterocycles. The largest absolute Gasteiger partial charge is 0.491 e. The molecule has 23 heavy (non-hydrogen) atoms. The number of nitrogens with one attached hydrogen (secondary N) is 2. The maximum absolute atomic E-state index is 12.3. The van der Waals surface area contributed by atoms with Gasteiger partial charge in [0.2, 0.25) is 0 Å². The average molecular weight is 311 g/mol. The number of nitrogens with zero attached hydrogens (tertiary/aromatic N) is 1. The van der Waals surface area contributed by atoms with E-state index in [1.54, 1.807) is 42.3 Å². The molecule has 1 aliphatic rings. The third-order valence-electron chi connectivity index (χ3n) is 3.53. The second-order valence-corrected chi connectivity index (χ2v) is 5.23. The number of benzene rings is 2. The maximum atomic E-state index is 12.3. The van der Waals surface area contributed by atoms with Crippen molar-refractivity contribution < 1.29 is 14.3 Å². The van der Waals surface area contributed by atoms with Crippen LogP contribution in [0.2, 0.25) is 0 Å². The quantitative estimate of drug-likeness (QED) is 0.896. The molecule has 2 aromatic carbocycles. The van der Waals surface area contributed by atoms with Crippen molar-refractivity contribution in [1.29, 1.82) is 0 Å². The molecule has 0 spiro atoms. The van der Waals surface area contributed by atoms with E-state index in [1.807, 2.05) is 18.2 Å². The van der Waals surface area contributed by atoms with Crippen LogP contribution in [-0.4, -0.2) is 37.0 Å². The number of fused-ring (bicyclic) bond motifs is 1. The fourth-order valence-electron chi connectivity index (χ4n) is 2.32. The maximum Gasteiger partial charge on any atom is 0.323 e. The monoisotopic (exact) mass is 311 g/mol. The van der Waals surface area contributed by atoms with Crippen LogP contribution in [0.5, 0.6) is 5.75 Å². The summed E-state index contributed by atoms with van der Waals surface area (Å²) in [4.78, 5) is 25.9. The van der Waals surface area contributed by atoms with Gasteiger partial charge in [-0.2, -0.15) is 0 Å². The zero-order chi connectivity index (χ0) is 16.2. The van der Waals surface area contributed by atoms with E-state index in [9.17, 15) is 9.59 Å². The van der Waals surface area contributed by atoms with Gasteiger partial charge in [0, 0.05) is 18.4 Å². The van der Waals surface area contributed by atoms with Crippen LogP contribution in [0.15, 0.2) is 48.5 Å². The predicted molar refractivity (Wildman–Crippen MR) is 88.0 cm³/mol. The van der Waals surface area contributed by atoms with Crippen LogP contribution >= 0.6 is 0 Å². The summed E-state index contributed by atoms with van der Waals surface area (Å²) in [7, 11) is 1.73. The van der Waals surface area contributed by atoms with Gasteiger partial charge in [0.05, 0.1) is 12.1 Å². The number of hydrogen-bond donors (Lipinski definition) is 2. The Morgan fingerprint density at radius 2 is 1.83 bits per heavy atom. The standard InChI is InChI=1S/C17H17N3O3/c1-20-9-10-23-15-8-7-13(11-14(15)16(20)21)19-17(22)18-12-5-3-2-4-6-12/h2-8,11H,9-10H2,1H3,(H2,18,19,22). The van der Waals surface area contributed by atoms with Crippen LogP contribution < -0.4 is 15.4 Å². The lowest BCUT2D eigenvalue weighted by molar-refractivity contribution is 0.0796. The molecule has 0 bridgehead atoms. The van der Waals surface area contributed by atoms with Crippen molar-refractivity contribution in [2.24, 2.45) is 0 Å². The number of para-hydroxylation sites is 1. The molecule has 6 heteroatoms. The molecule has 3 rings (SSSR count). The lowest BCUT2D eigenvalue weighted by atomic mass is 10.1. The Kier molecular flexibility index (Phi) is 4.14. The third kappa shape index (κ3) is 3.42. The van der Waals surface area contributed by atoms with Gasteiger partial charge in [0.15, 0.2) is 0 Å². The minimum absolute atomic E-state index is 0.121. The van der Waals surface area contributed by atoms with Gasteiger partial charge >= 0.3 is 6.03 Å². The summed E-state index contributed by atoms with van der Waals surface area (Å²) in [5, 5.41) is 5.45. The van der Waals surface area contributed by atoms with Gasteiger partial charge in [-0.3, -0.25) is 4.79 Å². The number of urea groups is 1. The highest BCUT2D eigenvalue weighted by Gasteiger charge is 2.21. The molecule has 0 aromatic heterocycles. The first-order valence-electron chi connectivity index (χ1n) is 7.29. The Morgan fingerprint density at radius 1 is 1.09 bits per heavy atom. The second-order valence-electron chi connectivity index (χ2n) is 5.23. The molecular weight excluding hydrogens is 294 g/mol. The summed E-state index contributed by atoms with van der Waals surface area (Å²) in [5.74, 6) is 0.415. The summed E-state index contributed by atoms with van der Waals surface area (Å²) in [6.45, 7) is 0.987. The molecule has 2 aromatic rings. The molecule has 1 heterocycles. The second kappa shape index (κ2) is 6.39. The van der Waals surface area contributed by atoms with Gasteiger partial charge in [0.1, 0.15) is 12.4 Å². The van der Waals surface area contributed by atoms with Crippen molar-refractivity contribution in [3.63, 3.8) is 0 Å². The van der Waals surface area contributed by atoms with E-state index in [2.05, 4.69) is 10.6 Å². The van der Waals surface area contributed by atoms with Gasteiger partial charge in [-0.15, -0.1) is 0 Å². The lowest BCUT2D eigenvalue weighted by Gasteiger charge is -2.13. The molecule has 118 valence electrons. The van der Waals surface area contributed by atoms with E-state index < -0.39 is 0 Å². The smallest absolute Gasteiger partial charge is 0.323 e. The van der Waals surface area contributed by atoms with E-state index in [-0.39, 0.29) is 11.9 Å². The Hall–Kier alpha value is -3.02. The van der Waals surface area contributed by atoms with Gasteiger partial charge < -0.3 is 20.3 Å². The van der Waals surface area contributed by atoms with Crippen molar-refractivity contribution in [1.82, 2.24) is 4.90 Å². The number of likely N-dealkylation sites (N-methyl/N-ethyl adjacent to an activating group) is 1. The van der Waals surface area contributed by atoms with Gasteiger partial charge in [0.25, 0.3) is 5.91 Å². The first-order chi connectivity index (χ1) is 11.1. The van der Waals surface area contributed by atoms with Crippen LogP contribution in [0.25, 0.3) is 0 Å². The number of amides is 3. The highest BCUT2D eigenvalue weighted by molar-refractivity contribution is 6.02. The Morgan fingerprint density at radius 3 is 2.61 bits per heavy atom. The van der Waals surface area contributed by atoms with E-state index in [0.717, 1.165) is 0 Å². The van der Waals surface area contributed by atoms with E-state index >= 15 is 0 Å². The van der Waals surface area contributed by atoms with Gasteiger partial charge in [-0.05, 0) is 30.3 Å². The number of rotatable bonds is 2. The van der Waals surface area contributed by atoms with Crippen LogP contribution in [0, 0.1) is 0 Å². The predicted octanol–water partition coefficient (Wildman–Crippen LogP) is 2.80. The van der Waals surface area contributed by atoms with E-state index in [1.165, 1.54) is 0 Å². The molecule has 3 amide bonds. The fraction of sp³-hybridized carbons (Fsp3) is 0.176. The van der Waals surface area contributed by atoms with Crippen LogP contribution in [0.4, 0.5) is 16.2 Å². The Bertz CT molecular complexity index is 731. The van der Waals surface area contributed by atoms with Crippen LogP contribution in [0.3, 0.4) is 0 Å². The molecule has 0 unspecified atom stereocenters. The zero-order valence-corrected chi connectivity index (χ0v) is 12.7. The summed E-state index contributed by atoms with van der Waals surface area (Å²) < 4.78 is 5.55. The van der Waals surface area contributed by atoms with Crippen LogP contribution in [0.1, 0.15) is 10.4 Å². The molecule has 6 nitrogen and oxygen atoms in total. The number of hydrogen-bond acceptors (Lipinski definition) is 3. The normalized spacial score (nSPS) is 13.6. The topological polar surface area (TPSA) is 70.7 Å². The summed E-state index contributed by atoms with van der Waals surface area (Å²) in [6, 6.07) is 13.8. The molecule has 0 fully saturated rings. The Labute approximate surface area is 134 Å². The third-order valence-corrected chi connectivity index (χ3v) is 3.53. The minimum atomic E-state index is -0.369. The van der Waals surface area contributed by atoms with Crippen molar-refractivity contribution >= 4 is 23.3 Å². The van der Waals surface area contributed by atoms with Gasteiger partial charge in [-0.25, -0.2) is 4.79 Å². The average Bonchev–Trinajstić information content (AvgIpc) is 2.68. The van der Waals surface area contributed by atoms with Crippen molar-refractivity contribution in [3.8, 4) is 5.75 Å². The number of carbonyl (C=O) groups is 2. The summed E-state index contributed by atoms with van der Waals surface area (Å²) >= 11 is 0. The minimum Gasteiger partial charge on any atom is -0.491 e. The number of carbonyl (C=O) groups excluding carboxylic acids is 2. The van der Waals surface area contributed by atoms with E-state index in [0.29, 0.717) is 35.8 Å². The highest BCUT2D eigenvalue weighted by Crippen LogP contribution is 2.26. The lowest BCUT2D eigenvalue weighted by Crippen LogP contribution is -2.28. The summed E-state index contributed by atoms with van der Waals surface area (Å²) in [5.41, 5.74) is 1.67. The SMILES string of the molecule is CN1CCOc2ccc(NC(=O)Nc3ccccc3)cc2C1=O. The first kappa shape index (κ1) is 14.9. The first-order valence-corrected chi connectivity index (χ1v) is 7.29. The molecule has 2 N–H and O–H groups in total. The molecule has 0 saturated heterocycles. The molecule has 0 radical (unpaired) electrons.